The normalized spacial score (nSPS) is 24.5. The molecule has 0 bridgehead atoms. The van der Waals surface area contributed by atoms with Gasteiger partial charge in [0.2, 0.25) is 0 Å². The summed E-state index contributed by atoms with van der Waals surface area (Å²) in [5.41, 5.74) is 4.85. The van der Waals surface area contributed by atoms with E-state index in [-0.39, 0.29) is 6.10 Å². The van der Waals surface area contributed by atoms with Crippen molar-refractivity contribution in [1.82, 2.24) is 20.3 Å². The molecule has 5 nitrogen and oxygen atoms in total. The van der Waals surface area contributed by atoms with Crippen LogP contribution in [0, 0.1) is 0 Å². The number of nitrogens with one attached hydrogen (secondary N) is 1. The number of hydrogen-bond acceptors (Lipinski definition) is 5. The van der Waals surface area contributed by atoms with E-state index in [2.05, 4.69) is 49.3 Å². The van der Waals surface area contributed by atoms with Gasteiger partial charge in [0.05, 0.1) is 11.4 Å². The summed E-state index contributed by atoms with van der Waals surface area (Å²) in [4.78, 5) is 14.8. The van der Waals surface area contributed by atoms with E-state index in [1.165, 1.54) is 0 Å². The fraction of sp³-hybridized carbons (Fsp3) is 0.500. The van der Waals surface area contributed by atoms with Crippen LogP contribution in [0.4, 0.5) is 0 Å². The molecule has 0 amide bonds. The summed E-state index contributed by atoms with van der Waals surface area (Å²) in [7, 11) is 2.17. The molecule has 0 radical (unpaired) electrons. The number of nitrogens with zero attached hydrogens (tertiary/aromatic N) is 3. The van der Waals surface area contributed by atoms with Gasteiger partial charge >= 0.3 is 0 Å². The third-order valence-corrected chi connectivity index (χ3v) is 4.18. The zero-order chi connectivity index (χ0) is 13.9. The van der Waals surface area contributed by atoms with Crippen molar-refractivity contribution in [3.8, 4) is 0 Å². The summed E-state index contributed by atoms with van der Waals surface area (Å²) in [5, 5.41) is 0. The fourth-order valence-electron chi connectivity index (χ4n) is 2.44. The Morgan fingerprint density at radius 1 is 1.35 bits per heavy atom. The lowest BCUT2D eigenvalue weighted by Crippen LogP contribution is -2.47. The lowest BCUT2D eigenvalue weighted by atomic mass is 10.2. The fourth-order valence-corrected chi connectivity index (χ4v) is 2.68. The summed E-state index contributed by atoms with van der Waals surface area (Å²) >= 11 is 3.39. The first-order chi connectivity index (χ1) is 9.70. The smallest absolute Gasteiger partial charge is 0.119 e. The number of rotatable bonds is 3. The number of piperazine rings is 1. The van der Waals surface area contributed by atoms with Gasteiger partial charge in [-0.15, -0.1) is 0 Å². The maximum absolute atomic E-state index is 5.63. The number of hydrogen-bond donors (Lipinski definition) is 1. The Balaban J connectivity index is 1.59. The highest BCUT2D eigenvalue weighted by Crippen LogP contribution is 2.19. The van der Waals surface area contributed by atoms with Gasteiger partial charge in [-0.05, 0) is 41.2 Å². The molecular weight excluding hydrogens is 320 g/mol. The average Bonchev–Trinajstić information content (AvgIpc) is 2.91. The molecule has 1 N–H and O–H groups in total. The molecular formula is C14H19BrN4O. The van der Waals surface area contributed by atoms with Crippen LogP contribution in [0.2, 0.25) is 0 Å². The van der Waals surface area contributed by atoms with Crippen molar-refractivity contribution in [3.05, 3.63) is 34.6 Å². The van der Waals surface area contributed by atoms with E-state index in [1.807, 2.05) is 12.1 Å². The molecule has 1 saturated heterocycles. The van der Waals surface area contributed by atoms with E-state index in [0.29, 0.717) is 0 Å². The van der Waals surface area contributed by atoms with E-state index in [0.717, 1.165) is 48.6 Å². The van der Waals surface area contributed by atoms with Gasteiger partial charge in [-0.1, -0.05) is 0 Å². The molecule has 2 aliphatic heterocycles. The van der Waals surface area contributed by atoms with Gasteiger partial charge in [-0.3, -0.25) is 20.2 Å². The molecule has 20 heavy (non-hydrogen) atoms. The topological polar surface area (TPSA) is 40.6 Å². The molecule has 0 unspecified atom stereocenters. The summed E-state index contributed by atoms with van der Waals surface area (Å²) in [6.45, 7) is 5.41. The van der Waals surface area contributed by atoms with E-state index in [1.54, 1.807) is 6.20 Å². The molecule has 108 valence electrons. The van der Waals surface area contributed by atoms with E-state index < -0.39 is 0 Å². The van der Waals surface area contributed by atoms with Crippen molar-refractivity contribution < 1.29 is 4.84 Å². The van der Waals surface area contributed by atoms with E-state index in [9.17, 15) is 0 Å². The first-order valence-electron chi connectivity index (χ1n) is 6.87. The van der Waals surface area contributed by atoms with Crippen molar-refractivity contribution in [2.24, 2.45) is 0 Å². The predicted molar refractivity (Wildman–Crippen MR) is 81.9 cm³/mol. The van der Waals surface area contributed by atoms with Crippen LogP contribution < -0.4 is 5.48 Å². The Bertz CT molecular complexity index is 482. The first-order valence-corrected chi connectivity index (χ1v) is 7.66. The SMILES string of the molecule is CN1CCN(C[C@@H]2C=C(c3ccc(Br)cn3)NO2)CC1. The largest absolute Gasteiger partial charge is 0.304 e. The second-order valence-electron chi connectivity index (χ2n) is 5.30. The minimum atomic E-state index is 0.0962. The average molecular weight is 339 g/mol. The molecule has 3 heterocycles. The van der Waals surface area contributed by atoms with Crippen molar-refractivity contribution in [2.45, 2.75) is 6.10 Å². The van der Waals surface area contributed by atoms with Gasteiger partial charge in [0, 0.05) is 43.4 Å². The monoisotopic (exact) mass is 338 g/mol. The van der Waals surface area contributed by atoms with Gasteiger partial charge in [-0.2, -0.15) is 0 Å². The van der Waals surface area contributed by atoms with Crippen LogP contribution in [0.5, 0.6) is 0 Å². The minimum absolute atomic E-state index is 0.0962. The predicted octanol–water partition coefficient (Wildman–Crippen LogP) is 1.34. The summed E-state index contributed by atoms with van der Waals surface area (Å²) in [5.74, 6) is 0. The lowest BCUT2D eigenvalue weighted by molar-refractivity contribution is 0.0190. The van der Waals surface area contributed by atoms with Crippen LogP contribution in [0.15, 0.2) is 28.9 Å². The highest BCUT2D eigenvalue weighted by Gasteiger charge is 2.22. The molecule has 3 rings (SSSR count). The first kappa shape index (κ1) is 14.0. The molecule has 0 spiro atoms. The maximum atomic E-state index is 5.63. The molecule has 6 heteroatoms. The van der Waals surface area contributed by atoms with Crippen molar-refractivity contribution >= 4 is 21.6 Å². The third kappa shape index (κ3) is 3.38. The van der Waals surface area contributed by atoms with Crippen LogP contribution in [0.3, 0.4) is 0 Å². The molecule has 0 aliphatic carbocycles. The van der Waals surface area contributed by atoms with Crippen LogP contribution in [0.25, 0.3) is 5.70 Å². The van der Waals surface area contributed by atoms with Crippen molar-refractivity contribution in [3.63, 3.8) is 0 Å². The summed E-state index contributed by atoms with van der Waals surface area (Å²) in [6.07, 6.45) is 4.01. The number of aromatic nitrogens is 1. The molecule has 0 aromatic carbocycles. The highest BCUT2D eigenvalue weighted by atomic mass is 79.9. The Hall–Kier alpha value is -0.950. The van der Waals surface area contributed by atoms with Crippen LogP contribution in [0.1, 0.15) is 5.69 Å². The second-order valence-corrected chi connectivity index (χ2v) is 6.22. The second kappa shape index (κ2) is 6.22. The molecule has 1 fully saturated rings. The van der Waals surface area contributed by atoms with Gasteiger partial charge < -0.3 is 4.90 Å². The van der Waals surface area contributed by atoms with Crippen molar-refractivity contribution in [2.75, 3.05) is 39.8 Å². The van der Waals surface area contributed by atoms with Gasteiger partial charge in [0.25, 0.3) is 0 Å². The van der Waals surface area contributed by atoms with Gasteiger partial charge in [-0.25, -0.2) is 0 Å². The highest BCUT2D eigenvalue weighted by molar-refractivity contribution is 9.10. The summed E-state index contributed by atoms with van der Waals surface area (Å²) < 4.78 is 0.981. The van der Waals surface area contributed by atoms with Crippen LogP contribution in [-0.2, 0) is 4.84 Å². The zero-order valence-corrected chi connectivity index (χ0v) is 13.1. The van der Waals surface area contributed by atoms with Crippen LogP contribution in [-0.4, -0.2) is 60.7 Å². The molecule has 0 saturated carbocycles. The van der Waals surface area contributed by atoms with Gasteiger partial charge in [0.1, 0.15) is 6.10 Å². The quantitative estimate of drug-likeness (QED) is 0.900. The zero-order valence-electron chi connectivity index (χ0n) is 11.6. The molecule has 2 aliphatic rings. The minimum Gasteiger partial charge on any atom is -0.304 e. The number of pyridine rings is 1. The molecule has 1 atom stereocenters. The standard InChI is InChI=1S/C14H19BrN4O/c1-18-4-6-19(7-5-18)10-12-8-14(17-20-12)13-3-2-11(15)9-16-13/h2-3,8-9,12,17H,4-7,10H2,1H3/t12-/m0/s1. The van der Waals surface area contributed by atoms with Crippen molar-refractivity contribution in [1.29, 1.82) is 0 Å². The Labute approximate surface area is 127 Å². The Morgan fingerprint density at radius 2 is 2.15 bits per heavy atom. The Morgan fingerprint density at radius 3 is 2.85 bits per heavy atom. The number of hydroxylamine groups is 1. The van der Waals surface area contributed by atoms with Gasteiger partial charge in [0.15, 0.2) is 0 Å². The van der Waals surface area contributed by atoms with E-state index >= 15 is 0 Å². The third-order valence-electron chi connectivity index (χ3n) is 3.71. The number of halogens is 1. The Kier molecular flexibility index (Phi) is 4.35. The molecule has 1 aromatic heterocycles. The summed E-state index contributed by atoms with van der Waals surface area (Å²) in [6, 6.07) is 3.96. The van der Waals surface area contributed by atoms with Crippen LogP contribution >= 0.6 is 15.9 Å². The number of likely N-dealkylation sites (N-methyl/N-ethyl adjacent to an activating group) is 1. The maximum Gasteiger partial charge on any atom is 0.119 e. The molecule has 1 aromatic rings. The lowest BCUT2D eigenvalue weighted by Gasteiger charge is -2.33. The van der Waals surface area contributed by atoms with E-state index in [4.69, 9.17) is 4.84 Å².